The quantitative estimate of drug-likeness (QED) is 0.866. The van der Waals surface area contributed by atoms with Gasteiger partial charge in [0.2, 0.25) is 10.0 Å². The van der Waals surface area contributed by atoms with Crippen LogP contribution < -0.4 is 4.72 Å². The summed E-state index contributed by atoms with van der Waals surface area (Å²) in [5.41, 5.74) is -0.101. The second-order valence-electron chi connectivity index (χ2n) is 6.02. The Bertz CT molecular complexity index is 645. The number of halogens is 1. The Kier molecular flexibility index (Phi) is 5.76. The molecule has 0 heterocycles. The number of benzene rings is 1. The average Bonchev–Trinajstić information content (AvgIpc) is 2.34. The van der Waals surface area contributed by atoms with Crippen LogP contribution in [-0.4, -0.2) is 26.2 Å². The van der Waals surface area contributed by atoms with Gasteiger partial charge in [-0.15, -0.1) is 0 Å². The molecule has 1 atom stereocenters. The first-order valence-electron chi connectivity index (χ1n) is 6.42. The Morgan fingerprint density at radius 1 is 1.43 bits per heavy atom. The van der Waals surface area contributed by atoms with Crippen molar-refractivity contribution in [1.82, 2.24) is 4.72 Å². The van der Waals surface area contributed by atoms with E-state index in [1.54, 1.807) is 0 Å². The van der Waals surface area contributed by atoms with Crippen molar-refractivity contribution in [3.8, 4) is 6.07 Å². The minimum atomic E-state index is -3.89. The van der Waals surface area contributed by atoms with Crippen LogP contribution in [0.15, 0.2) is 23.1 Å². The number of aliphatic hydroxyl groups is 1. The monoisotopic (exact) mass is 330 g/mol. The van der Waals surface area contributed by atoms with Crippen LogP contribution in [0.4, 0.5) is 0 Å². The van der Waals surface area contributed by atoms with Crippen molar-refractivity contribution >= 4 is 21.6 Å². The van der Waals surface area contributed by atoms with Gasteiger partial charge < -0.3 is 5.11 Å². The van der Waals surface area contributed by atoms with E-state index >= 15 is 0 Å². The van der Waals surface area contributed by atoms with E-state index in [2.05, 4.69) is 4.72 Å². The maximum Gasteiger partial charge on any atom is 0.242 e. The number of rotatable bonds is 5. The van der Waals surface area contributed by atoms with Crippen molar-refractivity contribution in [2.24, 2.45) is 5.41 Å². The average molecular weight is 331 g/mol. The molecule has 5 nitrogen and oxygen atoms in total. The lowest BCUT2D eigenvalue weighted by atomic mass is 9.89. The fourth-order valence-corrected chi connectivity index (χ4v) is 3.36. The molecule has 0 radical (unpaired) electrons. The first-order chi connectivity index (χ1) is 9.55. The molecule has 0 spiro atoms. The summed E-state index contributed by atoms with van der Waals surface area (Å²) in [4.78, 5) is -0.180. The number of hydrogen-bond acceptors (Lipinski definition) is 4. The van der Waals surface area contributed by atoms with Gasteiger partial charge in [-0.1, -0.05) is 32.4 Å². The van der Waals surface area contributed by atoms with E-state index in [1.165, 1.54) is 18.2 Å². The van der Waals surface area contributed by atoms with Crippen molar-refractivity contribution in [1.29, 1.82) is 5.26 Å². The van der Waals surface area contributed by atoms with Gasteiger partial charge in [-0.3, -0.25) is 0 Å². The van der Waals surface area contributed by atoms with Gasteiger partial charge in [-0.2, -0.15) is 5.26 Å². The highest BCUT2D eigenvalue weighted by Gasteiger charge is 2.22. The van der Waals surface area contributed by atoms with Crippen molar-refractivity contribution in [2.75, 3.05) is 6.54 Å². The van der Waals surface area contributed by atoms with E-state index in [0.29, 0.717) is 6.42 Å². The number of nitriles is 1. The number of nitrogens with zero attached hydrogens (tertiary/aromatic N) is 1. The molecule has 7 heteroatoms. The third-order valence-electron chi connectivity index (χ3n) is 2.71. The zero-order valence-corrected chi connectivity index (χ0v) is 13.8. The summed E-state index contributed by atoms with van der Waals surface area (Å²) in [6.07, 6.45) is -0.347. The first-order valence-corrected chi connectivity index (χ1v) is 8.29. The Morgan fingerprint density at radius 2 is 2.05 bits per heavy atom. The lowest BCUT2D eigenvalue weighted by Crippen LogP contribution is -2.34. The van der Waals surface area contributed by atoms with Crippen LogP contribution in [0.1, 0.15) is 32.8 Å². The molecule has 0 aliphatic heterocycles. The molecule has 0 aliphatic carbocycles. The number of aliphatic hydroxyl groups excluding tert-OH is 1. The molecule has 0 saturated heterocycles. The van der Waals surface area contributed by atoms with Crippen molar-refractivity contribution in [3.63, 3.8) is 0 Å². The fraction of sp³-hybridized carbons (Fsp3) is 0.500. The van der Waals surface area contributed by atoms with Crippen LogP contribution in [0.25, 0.3) is 0 Å². The molecule has 21 heavy (non-hydrogen) atoms. The van der Waals surface area contributed by atoms with Crippen molar-refractivity contribution in [3.05, 3.63) is 28.8 Å². The summed E-state index contributed by atoms with van der Waals surface area (Å²) in [5, 5.41) is 19.1. The van der Waals surface area contributed by atoms with E-state index in [0.717, 1.165) is 0 Å². The molecule has 1 rings (SSSR count). The maximum absolute atomic E-state index is 12.2. The molecular weight excluding hydrogens is 312 g/mol. The molecule has 2 N–H and O–H groups in total. The zero-order chi connectivity index (χ0) is 16.3. The normalized spacial score (nSPS) is 13.7. The summed E-state index contributed by atoms with van der Waals surface area (Å²) in [7, 11) is -3.89. The molecule has 0 fully saturated rings. The van der Waals surface area contributed by atoms with Crippen LogP contribution in [0.5, 0.6) is 0 Å². The van der Waals surface area contributed by atoms with Gasteiger partial charge in [0.15, 0.2) is 0 Å². The van der Waals surface area contributed by atoms with Gasteiger partial charge in [0.25, 0.3) is 0 Å². The topological polar surface area (TPSA) is 90.2 Å². The standard InChI is InChI=1S/C14H19ClN2O3S/c1-14(2,3)7-12(18)9-17-21(19,20)13-6-11(15)5-4-10(13)8-16/h4-6,12,17-18H,7,9H2,1-3H3. The van der Waals surface area contributed by atoms with E-state index < -0.39 is 16.1 Å². The molecule has 1 aromatic rings. The number of nitrogens with one attached hydrogen (secondary N) is 1. The van der Waals surface area contributed by atoms with Crippen LogP contribution >= 0.6 is 11.6 Å². The van der Waals surface area contributed by atoms with Gasteiger partial charge in [0.05, 0.1) is 11.7 Å². The summed E-state index contributed by atoms with van der Waals surface area (Å²) < 4.78 is 26.7. The predicted molar refractivity (Wildman–Crippen MR) is 81.4 cm³/mol. The molecule has 116 valence electrons. The van der Waals surface area contributed by atoms with Gasteiger partial charge >= 0.3 is 0 Å². The highest BCUT2D eigenvalue weighted by molar-refractivity contribution is 7.89. The van der Waals surface area contributed by atoms with Gasteiger partial charge in [-0.25, -0.2) is 13.1 Å². The van der Waals surface area contributed by atoms with Crippen molar-refractivity contribution in [2.45, 2.75) is 38.2 Å². The number of hydrogen-bond donors (Lipinski definition) is 2. The summed E-state index contributed by atoms with van der Waals surface area (Å²) in [6.45, 7) is 5.75. The van der Waals surface area contributed by atoms with Gasteiger partial charge in [-0.05, 0) is 30.0 Å². The molecule has 0 aliphatic rings. The first kappa shape index (κ1) is 17.9. The Morgan fingerprint density at radius 3 is 2.57 bits per heavy atom. The Hall–Kier alpha value is -1.13. The lowest BCUT2D eigenvalue weighted by molar-refractivity contribution is 0.125. The SMILES string of the molecule is CC(C)(C)CC(O)CNS(=O)(=O)c1cc(Cl)ccc1C#N. The highest BCUT2D eigenvalue weighted by atomic mass is 35.5. The molecule has 0 aromatic heterocycles. The van der Waals surface area contributed by atoms with Crippen LogP contribution in [0.3, 0.4) is 0 Å². The Balaban J connectivity index is 2.89. The minimum absolute atomic E-state index is 0.0113. The fourth-order valence-electron chi connectivity index (χ4n) is 1.87. The minimum Gasteiger partial charge on any atom is -0.392 e. The van der Waals surface area contributed by atoms with E-state index in [4.69, 9.17) is 16.9 Å². The van der Waals surface area contributed by atoms with Crippen LogP contribution in [0, 0.1) is 16.7 Å². The molecule has 0 bridgehead atoms. The predicted octanol–water partition coefficient (Wildman–Crippen LogP) is 2.29. The van der Waals surface area contributed by atoms with Gasteiger partial charge in [0, 0.05) is 11.6 Å². The third kappa shape index (κ3) is 5.64. The van der Waals surface area contributed by atoms with E-state index in [1.807, 2.05) is 26.8 Å². The molecule has 0 saturated carbocycles. The second-order valence-corrected chi connectivity index (χ2v) is 8.19. The lowest BCUT2D eigenvalue weighted by Gasteiger charge is -2.22. The summed E-state index contributed by atoms with van der Waals surface area (Å²) in [6, 6.07) is 5.84. The van der Waals surface area contributed by atoms with Crippen LogP contribution in [-0.2, 0) is 10.0 Å². The zero-order valence-electron chi connectivity index (χ0n) is 12.2. The van der Waals surface area contributed by atoms with E-state index in [-0.39, 0.29) is 27.4 Å². The molecular formula is C14H19ClN2O3S. The summed E-state index contributed by atoms with van der Waals surface area (Å²) >= 11 is 5.78. The van der Waals surface area contributed by atoms with Gasteiger partial charge in [0.1, 0.15) is 11.0 Å². The second kappa shape index (κ2) is 6.75. The van der Waals surface area contributed by atoms with Crippen molar-refractivity contribution < 1.29 is 13.5 Å². The summed E-state index contributed by atoms with van der Waals surface area (Å²) in [5.74, 6) is 0. The Labute approximate surface area is 130 Å². The van der Waals surface area contributed by atoms with Crippen LogP contribution in [0.2, 0.25) is 5.02 Å². The molecule has 1 aromatic carbocycles. The molecule has 1 unspecified atom stereocenters. The maximum atomic E-state index is 12.2. The smallest absolute Gasteiger partial charge is 0.242 e. The largest absolute Gasteiger partial charge is 0.392 e. The van der Waals surface area contributed by atoms with E-state index in [9.17, 15) is 13.5 Å². The number of sulfonamides is 1. The highest BCUT2D eigenvalue weighted by Crippen LogP contribution is 2.22. The molecule has 0 amide bonds. The third-order valence-corrected chi connectivity index (χ3v) is 4.41.